The molecule has 0 radical (unpaired) electrons. The molecule has 2 aromatic heterocycles. The van der Waals surface area contributed by atoms with Gasteiger partial charge in [-0.25, -0.2) is 13.5 Å². The number of halogens is 2. The molecule has 2 heterocycles. The van der Waals surface area contributed by atoms with E-state index in [1.165, 1.54) is 12.1 Å². The third kappa shape index (κ3) is 3.01. The van der Waals surface area contributed by atoms with Gasteiger partial charge >= 0.3 is 0 Å². The van der Waals surface area contributed by atoms with Crippen LogP contribution in [0.1, 0.15) is 31.4 Å². The molecule has 0 saturated heterocycles. The van der Waals surface area contributed by atoms with E-state index < -0.39 is 17.2 Å². The molecule has 1 saturated carbocycles. The molecule has 3 N–H and O–H groups in total. The molecule has 32 heavy (non-hydrogen) atoms. The average molecular weight is 431 g/mol. The van der Waals surface area contributed by atoms with Gasteiger partial charge in [0.2, 0.25) is 0 Å². The minimum absolute atomic E-state index is 0.0212. The van der Waals surface area contributed by atoms with Crippen molar-refractivity contribution in [1.82, 2.24) is 14.8 Å². The van der Waals surface area contributed by atoms with Crippen molar-refractivity contribution >= 4 is 16.7 Å². The fourth-order valence-electron chi connectivity index (χ4n) is 4.46. The van der Waals surface area contributed by atoms with Crippen molar-refractivity contribution in [2.24, 2.45) is 0 Å². The lowest BCUT2D eigenvalue weighted by Crippen LogP contribution is -2.42. The molecule has 1 fully saturated rings. The maximum atomic E-state index is 14.9. The standard InChI is InChI=1S/C24H19F2N5O/c1-24(32)10-14(11-24)31-23(28)17(12-27)22(30-31)16-8-7-13-4-3-9-29-21(13)19(16)15-5-2-6-18(25)20(15)26/h2-9,14,32H,10-11,28H2,1H3. The molecule has 0 bridgehead atoms. The molecule has 4 aromatic rings. The average Bonchev–Trinajstić information content (AvgIpc) is 3.09. The van der Waals surface area contributed by atoms with Gasteiger partial charge in [0, 0.05) is 28.3 Å². The highest BCUT2D eigenvalue weighted by Crippen LogP contribution is 2.45. The highest BCUT2D eigenvalue weighted by atomic mass is 19.2. The highest BCUT2D eigenvalue weighted by molar-refractivity contribution is 6.02. The van der Waals surface area contributed by atoms with E-state index in [-0.39, 0.29) is 28.7 Å². The molecule has 5 rings (SSSR count). The van der Waals surface area contributed by atoms with Gasteiger partial charge in [0.15, 0.2) is 11.6 Å². The van der Waals surface area contributed by atoms with E-state index in [1.807, 2.05) is 6.07 Å². The summed E-state index contributed by atoms with van der Waals surface area (Å²) in [5.41, 5.74) is 7.09. The topological polar surface area (TPSA) is 101 Å². The summed E-state index contributed by atoms with van der Waals surface area (Å²) in [4.78, 5) is 4.41. The molecule has 0 amide bonds. The zero-order valence-electron chi connectivity index (χ0n) is 17.2. The summed E-state index contributed by atoms with van der Waals surface area (Å²) < 4.78 is 30.6. The van der Waals surface area contributed by atoms with Crippen molar-refractivity contribution in [3.05, 3.63) is 65.9 Å². The number of nitriles is 1. The second kappa shape index (κ2) is 7.11. The number of hydrogen-bond acceptors (Lipinski definition) is 5. The first-order valence-corrected chi connectivity index (χ1v) is 10.1. The minimum Gasteiger partial charge on any atom is -0.390 e. The Bertz CT molecular complexity index is 1410. The Morgan fingerprint density at radius 1 is 1.16 bits per heavy atom. The van der Waals surface area contributed by atoms with Crippen LogP contribution in [0.3, 0.4) is 0 Å². The molecule has 6 nitrogen and oxygen atoms in total. The lowest BCUT2D eigenvalue weighted by Gasteiger charge is -2.41. The molecule has 0 unspecified atom stereocenters. The first-order chi connectivity index (χ1) is 15.3. The Hall–Kier alpha value is -3.83. The van der Waals surface area contributed by atoms with Crippen LogP contribution in [0.15, 0.2) is 48.7 Å². The fraction of sp³-hybridized carbons (Fsp3) is 0.208. The normalized spacial score (nSPS) is 20.2. The molecule has 1 aliphatic carbocycles. The number of nitrogens with zero attached hydrogens (tertiary/aromatic N) is 4. The summed E-state index contributed by atoms with van der Waals surface area (Å²) in [7, 11) is 0. The number of benzene rings is 2. The fourth-order valence-corrected chi connectivity index (χ4v) is 4.46. The quantitative estimate of drug-likeness (QED) is 0.494. The summed E-state index contributed by atoms with van der Waals surface area (Å²) in [5, 5.41) is 25.3. The van der Waals surface area contributed by atoms with E-state index in [1.54, 1.807) is 36.0 Å². The summed E-state index contributed by atoms with van der Waals surface area (Å²) >= 11 is 0. The van der Waals surface area contributed by atoms with Crippen LogP contribution in [-0.2, 0) is 0 Å². The van der Waals surface area contributed by atoms with Crippen LogP contribution in [0.2, 0.25) is 0 Å². The zero-order valence-corrected chi connectivity index (χ0v) is 17.2. The molecular weight excluding hydrogens is 412 g/mol. The first-order valence-electron chi connectivity index (χ1n) is 10.1. The number of aromatic nitrogens is 3. The minimum atomic E-state index is -1.01. The van der Waals surface area contributed by atoms with Gasteiger partial charge in [0.25, 0.3) is 0 Å². The van der Waals surface area contributed by atoms with Crippen LogP contribution >= 0.6 is 0 Å². The molecule has 0 atom stereocenters. The van der Waals surface area contributed by atoms with Crippen molar-refractivity contribution in [3.63, 3.8) is 0 Å². The van der Waals surface area contributed by atoms with Gasteiger partial charge in [0.05, 0.1) is 17.2 Å². The van der Waals surface area contributed by atoms with E-state index in [9.17, 15) is 19.1 Å². The summed E-state index contributed by atoms with van der Waals surface area (Å²) in [6, 6.07) is 13.0. The van der Waals surface area contributed by atoms with Crippen molar-refractivity contribution in [3.8, 4) is 28.5 Å². The van der Waals surface area contributed by atoms with E-state index in [2.05, 4.69) is 16.2 Å². The number of rotatable bonds is 3. The maximum absolute atomic E-state index is 14.9. The van der Waals surface area contributed by atoms with Crippen LogP contribution < -0.4 is 5.73 Å². The van der Waals surface area contributed by atoms with Gasteiger partial charge in [-0.2, -0.15) is 10.4 Å². The van der Waals surface area contributed by atoms with Crippen molar-refractivity contribution < 1.29 is 13.9 Å². The first kappa shape index (κ1) is 20.1. The Balaban J connectivity index is 1.80. The number of fused-ring (bicyclic) bond motifs is 1. The smallest absolute Gasteiger partial charge is 0.166 e. The number of aliphatic hydroxyl groups is 1. The Morgan fingerprint density at radius 3 is 2.66 bits per heavy atom. The molecular formula is C24H19F2N5O. The molecule has 8 heteroatoms. The van der Waals surface area contributed by atoms with Gasteiger partial charge < -0.3 is 10.8 Å². The van der Waals surface area contributed by atoms with Gasteiger partial charge in [0.1, 0.15) is 23.1 Å². The third-order valence-electron chi connectivity index (χ3n) is 6.01. The number of hydrogen-bond donors (Lipinski definition) is 2. The molecule has 1 aliphatic rings. The highest BCUT2D eigenvalue weighted by Gasteiger charge is 2.41. The van der Waals surface area contributed by atoms with Crippen LogP contribution in [0.25, 0.3) is 33.3 Å². The lowest BCUT2D eigenvalue weighted by molar-refractivity contribution is -0.0535. The number of nitrogen functional groups attached to an aromatic ring is 1. The zero-order chi connectivity index (χ0) is 22.6. The monoisotopic (exact) mass is 431 g/mol. The summed E-state index contributed by atoms with van der Waals surface area (Å²) in [5.74, 6) is -1.81. The molecule has 160 valence electrons. The lowest BCUT2D eigenvalue weighted by atomic mass is 9.77. The molecule has 2 aromatic carbocycles. The molecule has 0 aliphatic heterocycles. The number of anilines is 1. The van der Waals surface area contributed by atoms with Gasteiger partial charge in [-0.05, 0) is 31.9 Å². The van der Waals surface area contributed by atoms with Crippen LogP contribution in [-0.4, -0.2) is 25.5 Å². The Morgan fingerprint density at radius 2 is 1.94 bits per heavy atom. The van der Waals surface area contributed by atoms with Crippen molar-refractivity contribution in [1.29, 1.82) is 5.26 Å². The van der Waals surface area contributed by atoms with Gasteiger partial charge in [-0.1, -0.05) is 30.3 Å². The summed E-state index contributed by atoms with van der Waals surface area (Å²) in [6.45, 7) is 1.73. The second-order valence-corrected chi connectivity index (χ2v) is 8.39. The number of nitrogens with two attached hydrogens (primary N) is 1. The van der Waals surface area contributed by atoms with Gasteiger partial charge in [-0.15, -0.1) is 0 Å². The second-order valence-electron chi connectivity index (χ2n) is 8.39. The maximum Gasteiger partial charge on any atom is 0.166 e. The molecule has 0 spiro atoms. The van der Waals surface area contributed by atoms with E-state index in [4.69, 9.17) is 5.73 Å². The summed E-state index contributed by atoms with van der Waals surface area (Å²) in [6.07, 6.45) is 2.48. The number of pyridine rings is 1. The van der Waals surface area contributed by atoms with E-state index in [0.29, 0.717) is 29.5 Å². The third-order valence-corrected chi connectivity index (χ3v) is 6.01. The van der Waals surface area contributed by atoms with Crippen LogP contribution in [0.4, 0.5) is 14.6 Å². The van der Waals surface area contributed by atoms with Crippen LogP contribution in [0.5, 0.6) is 0 Å². The van der Waals surface area contributed by atoms with E-state index >= 15 is 0 Å². The predicted octanol–water partition coefficient (Wildman–Crippen LogP) is 4.58. The predicted molar refractivity (Wildman–Crippen MR) is 116 cm³/mol. The largest absolute Gasteiger partial charge is 0.390 e. The SMILES string of the molecule is CC1(O)CC(n2nc(-c3ccc4cccnc4c3-c3cccc(F)c3F)c(C#N)c2N)C1. The Labute approximate surface area is 182 Å². The van der Waals surface area contributed by atoms with Crippen molar-refractivity contribution in [2.45, 2.75) is 31.4 Å². The van der Waals surface area contributed by atoms with E-state index in [0.717, 1.165) is 11.5 Å². The Kier molecular flexibility index (Phi) is 4.46. The van der Waals surface area contributed by atoms with Crippen LogP contribution in [0, 0.1) is 23.0 Å². The van der Waals surface area contributed by atoms with Crippen molar-refractivity contribution in [2.75, 3.05) is 5.73 Å². The van der Waals surface area contributed by atoms with Gasteiger partial charge in [-0.3, -0.25) is 4.98 Å².